The van der Waals surface area contributed by atoms with Gasteiger partial charge in [-0.25, -0.2) is 0 Å². The molecule has 0 fully saturated rings. The second-order valence-corrected chi connectivity index (χ2v) is 4.05. The van der Waals surface area contributed by atoms with Crippen LogP contribution in [0.3, 0.4) is 0 Å². The van der Waals surface area contributed by atoms with Crippen LogP contribution in [0.1, 0.15) is 18.1 Å². The van der Waals surface area contributed by atoms with Crippen molar-refractivity contribution in [3.8, 4) is 0 Å². The summed E-state index contributed by atoms with van der Waals surface area (Å²) in [6.07, 6.45) is 6.12. The standard InChI is InChI=1S/C13H12S/c1-3-5-11-10(4-2)6-7-13-12(11)8-9-14-13/h3-9H,2H2,1H3/b5-3-. The molecule has 0 radical (unpaired) electrons. The predicted molar refractivity (Wildman–Crippen MR) is 66.6 cm³/mol. The molecule has 0 unspecified atom stereocenters. The molecule has 1 heteroatoms. The monoisotopic (exact) mass is 200 g/mol. The van der Waals surface area contributed by atoms with Gasteiger partial charge in [-0.3, -0.25) is 0 Å². The van der Waals surface area contributed by atoms with Crippen molar-refractivity contribution in [1.82, 2.24) is 0 Å². The molecule has 0 N–H and O–H groups in total. The summed E-state index contributed by atoms with van der Waals surface area (Å²) in [6, 6.07) is 6.45. The first kappa shape index (κ1) is 9.22. The van der Waals surface area contributed by atoms with Gasteiger partial charge < -0.3 is 0 Å². The largest absolute Gasteiger partial charge is 0.144 e. The summed E-state index contributed by atoms with van der Waals surface area (Å²) in [6.45, 7) is 5.87. The molecule has 1 aromatic heterocycles. The molecule has 0 bridgehead atoms. The van der Waals surface area contributed by atoms with Gasteiger partial charge in [0, 0.05) is 10.1 Å². The molecule has 0 nitrogen and oxygen atoms in total. The first-order valence-electron chi connectivity index (χ1n) is 4.62. The van der Waals surface area contributed by atoms with Crippen LogP contribution in [0.4, 0.5) is 0 Å². The SMILES string of the molecule is C=Cc1ccc2sccc2c1/C=C\C. The van der Waals surface area contributed by atoms with Gasteiger partial charge in [0.15, 0.2) is 0 Å². The highest BCUT2D eigenvalue weighted by Gasteiger charge is 2.02. The van der Waals surface area contributed by atoms with E-state index in [9.17, 15) is 0 Å². The van der Waals surface area contributed by atoms with Crippen LogP contribution in [0.25, 0.3) is 22.2 Å². The molecule has 2 rings (SSSR count). The fourth-order valence-corrected chi connectivity index (χ4v) is 2.42. The van der Waals surface area contributed by atoms with Crippen molar-refractivity contribution in [2.24, 2.45) is 0 Å². The number of hydrogen-bond donors (Lipinski definition) is 0. The Balaban J connectivity index is 2.81. The molecule has 70 valence electrons. The molecule has 0 spiro atoms. The minimum absolute atomic E-state index is 1.20. The highest BCUT2D eigenvalue weighted by molar-refractivity contribution is 7.17. The summed E-state index contributed by atoms with van der Waals surface area (Å²) in [5, 5.41) is 3.45. The summed E-state index contributed by atoms with van der Waals surface area (Å²) in [5.41, 5.74) is 2.48. The zero-order valence-electron chi connectivity index (χ0n) is 8.16. The lowest BCUT2D eigenvalue weighted by Gasteiger charge is -2.02. The summed E-state index contributed by atoms with van der Waals surface area (Å²) in [4.78, 5) is 0. The van der Waals surface area contributed by atoms with Crippen molar-refractivity contribution in [3.05, 3.63) is 47.4 Å². The molecule has 2 aromatic rings. The summed E-state index contributed by atoms with van der Waals surface area (Å²) in [5.74, 6) is 0. The lowest BCUT2D eigenvalue weighted by Crippen LogP contribution is -1.80. The zero-order chi connectivity index (χ0) is 9.97. The van der Waals surface area contributed by atoms with Crippen LogP contribution in [0.5, 0.6) is 0 Å². The van der Waals surface area contributed by atoms with Gasteiger partial charge in [-0.1, -0.05) is 30.9 Å². The van der Waals surface area contributed by atoms with E-state index in [1.54, 1.807) is 11.3 Å². The van der Waals surface area contributed by atoms with E-state index in [1.165, 1.54) is 21.2 Å². The van der Waals surface area contributed by atoms with E-state index in [-0.39, 0.29) is 0 Å². The molecule has 0 aliphatic heterocycles. The van der Waals surface area contributed by atoms with Gasteiger partial charge in [0.25, 0.3) is 0 Å². The van der Waals surface area contributed by atoms with Gasteiger partial charge in [0.1, 0.15) is 0 Å². The van der Waals surface area contributed by atoms with Crippen molar-refractivity contribution in [2.75, 3.05) is 0 Å². The molecule has 0 aliphatic rings. The molecule has 1 heterocycles. The van der Waals surface area contributed by atoms with Crippen molar-refractivity contribution in [3.63, 3.8) is 0 Å². The molecule has 0 atom stereocenters. The first-order chi connectivity index (χ1) is 6.86. The lowest BCUT2D eigenvalue weighted by molar-refractivity contribution is 1.69. The number of thiophene rings is 1. The molecule has 0 saturated carbocycles. The minimum atomic E-state index is 1.20. The van der Waals surface area contributed by atoms with E-state index in [1.807, 2.05) is 13.0 Å². The number of benzene rings is 1. The van der Waals surface area contributed by atoms with Crippen molar-refractivity contribution in [1.29, 1.82) is 0 Å². The van der Waals surface area contributed by atoms with Gasteiger partial charge in [-0.15, -0.1) is 11.3 Å². The number of rotatable bonds is 2. The Morgan fingerprint density at radius 3 is 2.86 bits per heavy atom. The Kier molecular flexibility index (Phi) is 2.51. The maximum Gasteiger partial charge on any atom is 0.0349 e. The second kappa shape index (κ2) is 3.81. The third kappa shape index (κ3) is 1.40. The van der Waals surface area contributed by atoms with Crippen LogP contribution < -0.4 is 0 Å². The minimum Gasteiger partial charge on any atom is -0.144 e. The number of fused-ring (bicyclic) bond motifs is 1. The maximum atomic E-state index is 3.83. The average molecular weight is 200 g/mol. The number of allylic oxidation sites excluding steroid dienone is 1. The lowest BCUT2D eigenvalue weighted by atomic mass is 10.0. The predicted octanol–water partition coefficient (Wildman–Crippen LogP) is 4.58. The third-order valence-electron chi connectivity index (χ3n) is 2.26. The molecule has 0 saturated heterocycles. The molecule has 0 aliphatic carbocycles. The molecule has 1 aromatic carbocycles. The summed E-state index contributed by atoms with van der Waals surface area (Å²) >= 11 is 1.78. The van der Waals surface area contributed by atoms with E-state index in [0.29, 0.717) is 0 Å². The first-order valence-corrected chi connectivity index (χ1v) is 5.50. The quantitative estimate of drug-likeness (QED) is 0.665. The smallest absolute Gasteiger partial charge is 0.0349 e. The molecular weight excluding hydrogens is 188 g/mol. The fourth-order valence-electron chi connectivity index (χ4n) is 1.61. The van der Waals surface area contributed by atoms with Crippen LogP contribution in [0.2, 0.25) is 0 Å². The number of hydrogen-bond acceptors (Lipinski definition) is 1. The van der Waals surface area contributed by atoms with Gasteiger partial charge in [0.2, 0.25) is 0 Å². The van der Waals surface area contributed by atoms with E-state index in [2.05, 4.69) is 42.3 Å². The van der Waals surface area contributed by atoms with E-state index >= 15 is 0 Å². The van der Waals surface area contributed by atoms with Crippen LogP contribution >= 0.6 is 11.3 Å². The second-order valence-electron chi connectivity index (χ2n) is 3.11. The van der Waals surface area contributed by atoms with Gasteiger partial charge in [-0.2, -0.15) is 0 Å². The van der Waals surface area contributed by atoms with Gasteiger partial charge in [-0.05, 0) is 35.6 Å². The van der Waals surface area contributed by atoms with Crippen molar-refractivity contribution >= 4 is 33.6 Å². The maximum absolute atomic E-state index is 3.83. The Bertz CT molecular complexity index is 489. The van der Waals surface area contributed by atoms with Crippen molar-refractivity contribution < 1.29 is 0 Å². The highest BCUT2D eigenvalue weighted by Crippen LogP contribution is 2.28. The topological polar surface area (TPSA) is 0 Å². The van der Waals surface area contributed by atoms with Crippen LogP contribution in [0.15, 0.2) is 36.2 Å². The average Bonchev–Trinajstić information content (AvgIpc) is 2.67. The van der Waals surface area contributed by atoms with Crippen LogP contribution in [-0.2, 0) is 0 Å². The summed E-state index contributed by atoms with van der Waals surface area (Å²) < 4.78 is 1.34. The van der Waals surface area contributed by atoms with Crippen LogP contribution in [-0.4, -0.2) is 0 Å². The van der Waals surface area contributed by atoms with Crippen molar-refractivity contribution in [2.45, 2.75) is 6.92 Å². The Morgan fingerprint density at radius 2 is 2.14 bits per heavy atom. The van der Waals surface area contributed by atoms with E-state index in [0.717, 1.165) is 0 Å². The van der Waals surface area contributed by atoms with Gasteiger partial charge >= 0.3 is 0 Å². The van der Waals surface area contributed by atoms with E-state index < -0.39 is 0 Å². The zero-order valence-corrected chi connectivity index (χ0v) is 8.97. The fraction of sp³-hybridized carbons (Fsp3) is 0.0769. The van der Waals surface area contributed by atoms with E-state index in [4.69, 9.17) is 0 Å². The Labute approximate surface area is 88.2 Å². The molecule has 0 amide bonds. The third-order valence-corrected chi connectivity index (χ3v) is 3.15. The molecule has 14 heavy (non-hydrogen) atoms. The van der Waals surface area contributed by atoms with Gasteiger partial charge in [0.05, 0.1) is 0 Å². The Hall–Kier alpha value is -1.34. The molecular formula is C13H12S. The van der Waals surface area contributed by atoms with Crippen LogP contribution in [0, 0.1) is 0 Å². The summed E-state index contributed by atoms with van der Waals surface area (Å²) in [7, 11) is 0. The Morgan fingerprint density at radius 1 is 1.29 bits per heavy atom. The normalized spacial score (nSPS) is 11.2. The highest BCUT2D eigenvalue weighted by atomic mass is 32.1.